The molecule has 0 bridgehead atoms. The zero-order chi connectivity index (χ0) is 15.6. The van der Waals surface area contributed by atoms with Gasteiger partial charge in [-0.2, -0.15) is 0 Å². The zero-order valence-electron chi connectivity index (χ0n) is 13.4. The topological polar surface area (TPSA) is 60.4 Å². The van der Waals surface area contributed by atoms with Crippen molar-refractivity contribution in [2.75, 3.05) is 11.5 Å². The molecule has 5 heteroatoms. The Morgan fingerprint density at radius 1 is 1.24 bits per heavy atom. The number of sulfone groups is 1. The van der Waals surface area contributed by atoms with Gasteiger partial charge in [0.2, 0.25) is 0 Å². The number of ether oxygens (including phenoxy) is 1. The highest BCUT2D eigenvalue weighted by molar-refractivity contribution is 7.91. The third-order valence-corrected chi connectivity index (χ3v) is 6.86. The van der Waals surface area contributed by atoms with E-state index in [0.29, 0.717) is 24.2 Å². The molecule has 4 nitrogen and oxygen atoms in total. The molecule has 122 valence electrons. The molecule has 21 heavy (non-hydrogen) atoms. The second-order valence-corrected chi connectivity index (χ2v) is 9.56. The van der Waals surface area contributed by atoms with Crippen molar-refractivity contribution in [3.05, 3.63) is 0 Å². The summed E-state index contributed by atoms with van der Waals surface area (Å²) in [6.07, 6.45) is 4.14. The van der Waals surface area contributed by atoms with Crippen LogP contribution in [0, 0.1) is 23.7 Å². The molecule has 0 N–H and O–H groups in total. The molecule has 0 amide bonds. The Bertz CT molecular complexity index is 469. The van der Waals surface area contributed by atoms with Gasteiger partial charge in [0, 0.05) is 6.42 Å². The number of carbonyl (C=O) groups excluding carboxylic acids is 1. The lowest BCUT2D eigenvalue weighted by Crippen LogP contribution is -2.36. The Hall–Kier alpha value is -0.580. The molecule has 2 fully saturated rings. The van der Waals surface area contributed by atoms with Crippen LogP contribution in [-0.4, -0.2) is 32.0 Å². The van der Waals surface area contributed by atoms with Crippen molar-refractivity contribution < 1.29 is 17.9 Å². The summed E-state index contributed by atoms with van der Waals surface area (Å²) in [4.78, 5) is 12.1. The SMILES string of the molecule is CC1CCC(C(C)C)C(OC(=O)CC2CCS(=O)(=O)C2)C1. The maximum atomic E-state index is 12.1. The Labute approximate surface area is 128 Å². The van der Waals surface area contributed by atoms with Crippen LogP contribution >= 0.6 is 0 Å². The predicted octanol–water partition coefficient (Wildman–Crippen LogP) is 2.82. The highest BCUT2D eigenvalue weighted by Gasteiger charge is 2.35. The fraction of sp³-hybridized carbons (Fsp3) is 0.938. The van der Waals surface area contributed by atoms with E-state index in [1.165, 1.54) is 6.42 Å². The summed E-state index contributed by atoms with van der Waals surface area (Å²) in [6.45, 7) is 6.58. The van der Waals surface area contributed by atoms with Gasteiger partial charge in [-0.05, 0) is 42.9 Å². The summed E-state index contributed by atoms with van der Waals surface area (Å²) in [5.41, 5.74) is 0. The first-order valence-electron chi connectivity index (χ1n) is 8.16. The minimum atomic E-state index is -2.91. The Kier molecular flexibility index (Phi) is 5.33. The van der Waals surface area contributed by atoms with Crippen LogP contribution in [0.15, 0.2) is 0 Å². The third kappa shape index (κ3) is 4.70. The molecule has 0 spiro atoms. The van der Waals surface area contributed by atoms with Crippen LogP contribution in [0.1, 0.15) is 52.9 Å². The van der Waals surface area contributed by atoms with Crippen LogP contribution in [0.2, 0.25) is 0 Å². The van der Waals surface area contributed by atoms with Gasteiger partial charge in [0.1, 0.15) is 6.10 Å². The fourth-order valence-electron chi connectivity index (χ4n) is 3.74. The summed E-state index contributed by atoms with van der Waals surface area (Å²) >= 11 is 0. The van der Waals surface area contributed by atoms with Gasteiger partial charge in [0.25, 0.3) is 0 Å². The molecular formula is C16H28O4S. The molecule has 0 aromatic heterocycles. The molecule has 1 saturated carbocycles. The summed E-state index contributed by atoms with van der Waals surface area (Å²) < 4.78 is 28.6. The maximum absolute atomic E-state index is 12.1. The van der Waals surface area contributed by atoms with E-state index in [4.69, 9.17) is 4.74 Å². The van der Waals surface area contributed by atoms with Gasteiger partial charge in [-0.15, -0.1) is 0 Å². The molecule has 0 aromatic carbocycles. The maximum Gasteiger partial charge on any atom is 0.306 e. The van der Waals surface area contributed by atoms with Crippen molar-refractivity contribution in [3.63, 3.8) is 0 Å². The molecule has 1 heterocycles. The van der Waals surface area contributed by atoms with Crippen LogP contribution in [-0.2, 0) is 19.4 Å². The number of hydrogen-bond acceptors (Lipinski definition) is 4. The van der Waals surface area contributed by atoms with Crippen molar-refractivity contribution >= 4 is 15.8 Å². The first kappa shape index (κ1) is 16.8. The molecule has 4 atom stereocenters. The molecule has 1 aliphatic carbocycles. The van der Waals surface area contributed by atoms with E-state index in [9.17, 15) is 13.2 Å². The second-order valence-electron chi connectivity index (χ2n) is 7.33. The largest absolute Gasteiger partial charge is 0.462 e. The van der Waals surface area contributed by atoms with E-state index < -0.39 is 9.84 Å². The van der Waals surface area contributed by atoms with E-state index >= 15 is 0 Å². The van der Waals surface area contributed by atoms with Crippen molar-refractivity contribution in [1.82, 2.24) is 0 Å². The minimum absolute atomic E-state index is 0.0132. The smallest absolute Gasteiger partial charge is 0.306 e. The summed E-state index contributed by atoms with van der Waals surface area (Å²) in [7, 11) is -2.91. The minimum Gasteiger partial charge on any atom is -0.462 e. The number of esters is 1. The summed E-state index contributed by atoms with van der Waals surface area (Å²) in [6, 6.07) is 0. The Balaban J connectivity index is 1.88. The van der Waals surface area contributed by atoms with Crippen molar-refractivity contribution in [2.45, 2.75) is 59.0 Å². The highest BCUT2D eigenvalue weighted by atomic mass is 32.2. The lowest BCUT2D eigenvalue weighted by Gasteiger charge is -2.36. The molecule has 0 aromatic rings. The molecule has 1 aliphatic heterocycles. The first-order chi connectivity index (χ1) is 9.77. The van der Waals surface area contributed by atoms with E-state index in [2.05, 4.69) is 20.8 Å². The average Bonchev–Trinajstić information content (AvgIpc) is 2.67. The van der Waals surface area contributed by atoms with Gasteiger partial charge in [-0.25, -0.2) is 8.42 Å². The summed E-state index contributed by atoms with van der Waals surface area (Å²) in [5, 5.41) is 0. The van der Waals surface area contributed by atoms with Gasteiger partial charge < -0.3 is 4.74 Å². The van der Waals surface area contributed by atoms with Gasteiger partial charge >= 0.3 is 5.97 Å². The Morgan fingerprint density at radius 3 is 2.52 bits per heavy atom. The normalized spacial score (nSPS) is 35.8. The number of rotatable bonds is 4. The van der Waals surface area contributed by atoms with E-state index in [1.54, 1.807) is 0 Å². The highest BCUT2D eigenvalue weighted by Crippen LogP contribution is 2.35. The van der Waals surface area contributed by atoms with Gasteiger partial charge in [0.05, 0.1) is 11.5 Å². The van der Waals surface area contributed by atoms with Crippen LogP contribution in [0.25, 0.3) is 0 Å². The van der Waals surface area contributed by atoms with Crippen LogP contribution in [0.4, 0.5) is 0 Å². The molecular weight excluding hydrogens is 288 g/mol. The molecule has 4 unspecified atom stereocenters. The molecule has 1 saturated heterocycles. The lowest BCUT2D eigenvalue weighted by atomic mass is 9.75. The molecule has 2 aliphatic rings. The van der Waals surface area contributed by atoms with E-state index in [1.807, 2.05) is 0 Å². The standard InChI is InChI=1S/C16H28O4S/c1-11(2)14-5-4-12(3)8-15(14)20-16(17)9-13-6-7-21(18,19)10-13/h11-15H,4-10H2,1-3H3. The lowest BCUT2D eigenvalue weighted by molar-refractivity contribution is -0.156. The monoisotopic (exact) mass is 316 g/mol. The van der Waals surface area contributed by atoms with E-state index in [0.717, 1.165) is 12.8 Å². The molecule has 2 rings (SSSR count). The summed E-state index contributed by atoms with van der Waals surface area (Å²) in [5.74, 6) is 1.68. The first-order valence-corrected chi connectivity index (χ1v) is 9.99. The van der Waals surface area contributed by atoms with Gasteiger partial charge in [-0.1, -0.05) is 27.2 Å². The average molecular weight is 316 g/mol. The van der Waals surface area contributed by atoms with Gasteiger partial charge in [0.15, 0.2) is 9.84 Å². The van der Waals surface area contributed by atoms with Crippen LogP contribution in [0.3, 0.4) is 0 Å². The number of hydrogen-bond donors (Lipinski definition) is 0. The molecule has 0 radical (unpaired) electrons. The van der Waals surface area contributed by atoms with Crippen molar-refractivity contribution in [1.29, 1.82) is 0 Å². The van der Waals surface area contributed by atoms with E-state index in [-0.39, 0.29) is 35.9 Å². The van der Waals surface area contributed by atoms with Gasteiger partial charge in [-0.3, -0.25) is 4.79 Å². The van der Waals surface area contributed by atoms with Crippen LogP contribution < -0.4 is 0 Å². The van der Waals surface area contributed by atoms with Crippen LogP contribution in [0.5, 0.6) is 0 Å². The second kappa shape index (κ2) is 6.67. The van der Waals surface area contributed by atoms with Crippen molar-refractivity contribution in [3.8, 4) is 0 Å². The third-order valence-electron chi connectivity index (χ3n) is 5.03. The zero-order valence-corrected chi connectivity index (χ0v) is 14.2. The number of carbonyl (C=O) groups is 1. The Morgan fingerprint density at radius 2 is 1.95 bits per heavy atom. The van der Waals surface area contributed by atoms with Crippen molar-refractivity contribution in [2.24, 2.45) is 23.7 Å². The fourth-order valence-corrected chi connectivity index (χ4v) is 5.60. The predicted molar refractivity (Wildman–Crippen MR) is 82.6 cm³/mol. The quantitative estimate of drug-likeness (QED) is 0.748.